The maximum Gasteiger partial charge on any atom is 0.328 e. The number of ether oxygens (including phenoxy) is 1. The lowest BCUT2D eigenvalue weighted by Gasteiger charge is -2.19. The second-order valence-corrected chi connectivity index (χ2v) is 6.89. The minimum atomic E-state index is -0.682. The molecule has 0 aliphatic rings. The van der Waals surface area contributed by atoms with Crippen LogP contribution in [-0.4, -0.2) is 29.6 Å². The normalized spacial score (nSPS) is 12.1. The number of hydrogen-bond acceptors (Lipinski definition) is 3. The number of carbonyl (C=O) groups excluding carboxylic acids is 2. The Morgan fingerprint density at radius 2 is 1.70 bits per heavy atom. The zero-order valence-corrected chi connectivity index (χ0v) is 15.8. The molecular formula is C22H24N2O3. The lowest BCUT2D eigenvalue weighted by molar-refractivity contribution is -0.144. The van der Waals surface area contributed by atoms with Crippen molar-refractivity contribution in [3.05, 3.63) is 71.9 Å². The van der Waals surface area contributed by atoms with Crippen LogP contribution in [0.15, 0.2) is 60.8 Å². The van der Waals surface area contributed by atoms with Crippen LogP contribution < -0.4 is 5.32 Å². The Hall–Kier alpha value is -3.08. The summed E-state index contributed by atoms with van der Waals surface area (Å²) in [6.07, 6.45) is 1.85. The van der Waals surface area contributed by atoms with E-state index >= 15 is 0 Å². The predicted octanol–water partition coefficient (Wildman–Crippen LogP) is 3.62. The molecule has 1 atom stereocenters. The van der Waals surface area contributed by atoms with Crippen LogP contribution in [0.3, 0.4) is 0 Å². The molecular weight excluding hydrogens is 340 g/mol. The Balaban J connectivity index is 1.94. The van der Waals surface area contributed by atoms with Crippen LogP contribution in [0.5, 0.6) is 0 Å². The highest BCUT2D eigenvalue weighted by Gasteiger charge is 2.26. The van der Waals surface area contributed by atoms with E-state index in [1.54, 1.807) is 0 Å². The fraction of sp³-hybridized carbons (Fsp3) is 0.273. The van der Waals surface area contributed by atoms with E-state index in [1.807, 2.05) is 62.5 Å². The summed E-state index contributed by atoms with van der Waals surface area (Å²) in [5, 5.41) is 3.69. The smallest absolute Gasteiger partial charge is 0.328 e. The number of benzene rings is 2. The fourth-order valence-electron chi connectivity index (χ4n) is 3.18. The molecule has 5 heteroatoms. The molecule has 0 fully saturated rings. The molecule has 0 unspecified atom stereocenters. The van der Waals surface area contributed by atoms with E-state index in [1.165, 1.54) is 7.11 Å². The van der Waals surface area contributed by atoms with E-state index in [9.17, 15) is 9.59 Å². The molecule has 2 aromatic carbocycles. The van der Waals surface area contributed by atoms with Crippen LogP contribution in [0.4, 0.5) is 0 Å². The van der Waals surface area contributed by atoms with Crippen LogP contribution in [0.25, 0.3) is 10.9 Å². The van der Waals surface area contributed by atoms with Gasteiger partial charge in [0.25, 0.3) is 5.91 Å². The Kier molecular flexibility index (Phi) is 5.60. The summed E-state index contributed by atoms with van der Waals surface area (Å²) >= 11 is 0. The average Bonchev–Trinajstić information content (AvgIpc) is 3.04. The average molecular weight is 364 g/mol. The molecule has 0 saturated heterocycles. The molecule has 27 heavy (non-hydrogen) atoms. The second kappa shape index (κ2) is 8.08. The van der Waals surface area contributed by atoms with E-state index in [0.29, 0.717) is 12.1 Å². The first-order valence-electron chi connectivity index (χ1n) is 9.01. The third kappa shape index (κ3) is 4.03. The standard InChI is InChI=1S/C22H24N2O3/c1-15(2)20(22(26)27-3)23-21(25)18-14-24(13-16-9-5-4-6-10-16)19-12-8-7-11-17(18)19/h4-12,14-15,20H,13H2,1-3H3,(H,23,25)/t20-/m0/s1. The van der Waals surface area contributed by atoms with E-state index in [-0.39, 0.29) is 11.8 Å². The monoisotopic (exact) mass is 364 g/mol. The Morgan fingerprint density at radius 3 is 2.37 bits per heavy atom. The molecule has 1 heterocycles. The highest BCUT2D eigenvalue weighted by atomic mass is 16.5. The maximum atomic E-state index is 12.9. The first-order valence-corrected chi connectivity index (χ1v) is 9.01. The summed E-state index contributed by atoms with van der Waals surface area (Å²) in [5.74, 6) is -0.785. The summed E-state index contributed by atoms with van der Waals surface area (Å²) in [5.41, 5.74) is 2.68. The summed E-state index contributed by atoms with van der Waals surface area (Å²) in [6, 6.07) is 17.2. The van der Waals surface area contributed by atoms with Gasteiger partial charge in [0, 0.05) is 23.6 Å². The number of nitrogens with one attached hydrogen (secondary N) is 1. The van der Waals surface area contributed by atoms with Gasteiger partial charge in [-0.05, 0) is 17.5 Å². The molecule has 0 spiro atoms. The van der Waals surface area contributed by atoms with Gasteiger partial charge in [0.1, 0.15) is 6.04 Å². The number of amides is 1. The molecule has 5 nitrogen and oxygen atoms in total. The summed E-state index contributed by atoms with van der Waals surface area (Å²) < 4.78 is 6.88. The highest BCUT2D eigenvalue weighted by Crippen LogP contribution is 2.23. The van der Waals surface area contributed by atoms with Crippen LogP contribution in [-0.2, 0) is 16.1 Å². The number of methoxy groups -OCH3 is 1. The molecule has 1 aromatic heterocycles. The number of para-hydroxylation sites is 1. The minimum Gasteiger partial charge on any atom is -0.467 e. The molecule has 140 valence electrons. The fourth-order valence-corrected chi connectivity index (χ4v) is 3.18. The summed E-state index contributed by atoms with van der Waals surface area (Å²) in [4.78, 5) is 24.9. The van der Waals surface area contributed by atoms with Crippen molar-refractivity contribution in [2.45, 2.75) is 26.4 Å². The third-order valence-corrected chi connectivity index (χ3v) is 4.64. The van der Waals surface area contributed by atoms with Gasteiger partial charge in [-0.15, -0.1) is 0 Å². The van der Waals surface area contributed by atoms with Gasteiger partial charge >= 0.3 is 5.97 Å². The number of rotatable bonds is 6. The van der Waals surface area contributed by atoms with Crippen molar-refractivity contribution in [1.82, 2.24) is 9.88 Å². The van der Waals surface area contributed by atoms with Gasteiger partial charge in [-0.25, -0.2) is 4.79 Å². The Labute approximate surface area is 158 Å². The lowest BCUT2D eigenvalue weighted by atomic mass is 10.0. The predicted molar refractivity (Wildman–Crippen MR) is 106 cm³/mol. The highest BCUT2D eigenvalue weighted by molar-refractivity contribution is 6.08. The van der Waals surface area contributed by atoms with Crippen LogP contribution >= 0.6 is 0 Å². The van der Waals surface area contributed by atoms with Gasteiger partial charge in [-0.3, -0.25) is 4.79 Å². The van der Waals surface area contributed by atoms with Crippen molar-refractivity contribution in [1.29, 1.82) is 0 Å². The van der Waals surface area contributed by atoms with Crippen LogP contribution in [0.1, 0.15) is 29.8 Å². The lowest BCUT2D eigenvalue weighted by Crippen LogP contribution is -2.45. The Bertz CT molecular complexity index is 945. The van der Waals surface area contributed by atoms with Crippen molar-refractivity contribution < 1.29 is 14.3 Å². The molecule has 1 amide bonds. The molecule has 3 aromatic rings. The van der Waals surface area contributed by atoms with Gasteiger partial charge in [-0.1, -0.05) is 62.4 Å². The van der Waals surface area contributed by atoms with E-state index in [4.69, 9.17) is 4.74 Å². The molecule has 0 saturated carbocycles. The van der Waals surface area contributed by atoms with Gasteiger partial charge < -0.3 is 14.6 Å². The molecule has 3 rings (SSSR count). The van der Waals surface area contributed by atoms with Gasteiger partial charge in [0.15, 0.2) is 0 Å². The first-order chi connectivity index (χ1) is 13.0. The van der Waals surface area contributed by atoms with Crippen molar-refractivity contribution in [3.8, 4) is 0 Å². The van der Waals surface area contributed by atoms with Gasteiger partial charge in [0.2, 0.25) is 0 Å². The minimum absolute atomic E-state index is 0.0703. The Morgan fingerprint density at radius 1 is 1.04 bits per heavy atom. The molecule has 0 radical (unpaired) electrons. The van der Waals surface area contributed by atoms with E-state index in [0.717, 1.165) is 16.5 Å². The maximum absolute atomic E-state index is 12.9. The number of hydrogen-bond donors (Lipinski definition) is 1. The number of fused-ring (bicyclic) bond motifs is 1. The molecule has 0 aliphatic carbocycles. The van der Waals surface area contributed by atoms with E-state index < -0.39 is 12.0 Å². The zero-order valence-electron chi connectivity index (χ0n) is 15.8. The van der Waals surface area contributed by atoms with E-state index in [2.05, 4.69) is 22.0 Å². The van der Waals surface area contributed by atoms with Gasteiger partial charge in [0.05, 0.1) is 12.7 Å². The number of esters is 1. The van der Waals surface area contributed by atoms with Crippen molar-refractivity contribution >= 4 is 22.8 Å². The third-order valence-electron chi connectivity index (χ3n) is 4.64. The summed E-state index contributed by atoms with van der Waals surface area (Å²) in [6.45, 7) is 4.42. The SMILES string of the molecule is COC(=O)[C@@H](NC(=O)c1cn(Cc2ccccc2)c2ccccc12)C(C)C. The van der Waals surface area contributed by atoms with Crippen molar-refractivity contribution in [3.63, 3.8) is 0 Å². The second-order valence-electron chi connectivity index (χ2n) is 6.89. The molecule has 0 bridgehead atoms. The van der Waals surface area contributed by atoms with Crippen LogP contribution in [0, 0.1) is 5.92 Å². The summed E-state index contributed by atoms with van der Waals surface area (Å²) in [7, 11) is 1.33. The largest absolute Gasteiger partial charge is 0.467 e. The number of nitrogens with zero attached hydrogens (tertiary/aromatic N) is 1. The van der Waals surface area contributed by atoms with Crippen LogP contribution in [0.2, 0.25) is 0 Å². The molecule has 1 N–H and O–H groups in total. The van der Waals surface area contributed by atoms with Gasteiger partial charge in [-0.2, -0.15) is 0 Å². The topological polar surface area (TPSA) is 60.3 Å². The first kappa shape index (κ1) is 18.7. The van der Waals surface area contributed by atoms with Crippen molar-refractivity contribution in [2.24, 2.45) is 5.92 Å². The number of aromatic nitrogens is 1. The van der Waals surface area contributed by atoms with Crippen molar-refractivity contribution in [2.75, 3.05) is 7.11 Å². The number of carbonyl (C=O) groups is 2. The zero-order chi connectivity index (χ0) is 19.4. The molecule has 0 aliphatic heterocycles. The quantitative estimate of drug-likeness (QED) is 0.680.